The number of rotatable bonds is 5. The Morgan fingerprint density at radius 3 is 2.24 bits per heavy atom. The molecule has 0 aromatic carbocycles. The fraction of sp³-hybridized carbons (Fsp3) is 0.429. The van der Waals surface area contributed by atoms with Crippen LogP contribution in [0.2, 0.25) is 0 Å². The first-order chi connectivity index (χ1) is 8.00. The second-order valence-corrected chi connectivity index (χ2v) is 4.49. The molecule has 92 valence electrons. The molecule has 0 saturated carbocycles. The van der Waals surface area contributed by atoms with Crippen molar-refractivity contribution >= 4 is 11.8 Å². The van der Waals surface area contributed by atoms with E-state index in [-0.39, 0.29) is 11.8 Å². The van der Waals surface area contributed by atoms with E-state index in [2.05, 4.69) is 19.9 Å². The molecule has 0 saturated heterocycles. The third-order valence-corrected chi connectivity index (χ3v) is 2.61. The van der Waals surface area contributed by atoms with Crippen molar-refractivity contribution in [1.29, 1.82) is 0 Å². The van der Waals surface area contributed by atoms with Crippen molar-refractivity contribution in [1.82, 2.24) is 4.90 Å². The number of imide groups is 1. The summed E-state index contributed by atoms with van der Waals surface area (Å²) in [7, 11) is 0. The van der Waals surface area contributed by atoms with Crippen molar-refractivity contribution in [3.05, 3.63) is 35.5 Å². The lowest BCUT2D eigenvalue weighted by Crippen LogP contribution is -2.30. The molecule has 0 radical (unpaired) electrons. The molecule has 0 unspecified atom stereocenters. The zero-order valence-corrected chi connectivity index (χ0v) is 10.7. The molecule has 1 rings (SSSR count). The highest BCUT2D eigenvalue weighted by Gasteiger charge is 2.21. The van der Waals surface area contributed by atoms with Crippen LogP contribution in [0.1, 0.15) is 33.6 Å². The van der Waals surface area contributed by atoms with Gasteiger partial charge in [-0.25, -0.2) is 0 Å². The summed E-state index contributed by atoms with van der Waals surface area (Å²) in [6, 6.07) is 0. The number of carbonyl (C=O) groups is 2. The Kier molecular flexibility index (Phi) is 4.88. The zero-order valence-electron chi connectivity index (χ0n) is 10.7. The zero-order chi connectivity index (χ0) is 12.8. The Morgan fingerprint density at radius 1 is 1.12 bits per heavy atom. The molecule has 0 spiro atoms. The molecule has 2 amide bonds. The van der Waals surface area contributed by atoms with Crippen molar-refractivity contribution in [2.24, 2.45) is 0 Å². The summed E-state index contributed by atoms with van der Waals surface area (Å²) in [5.74, 6) is -0.438. The largest absolute Gasteiger partial charge is 0.272 e. The first kappa shape index (κ1) is 13.4. The van der Waals surface area contributed by atoms with Crippen molar-refractivity contribution in [2.45, 2.75) is 33.6 Å². The minimum Gasteiger partial charge on any atom is -0.272 e. The monoisotopic (exact) mass is 233 g/mol. The highest BCUT2D eigenvalue weighted by atomic mass is 16.2. The van der Waals surface area contributed by atoms with Crippen LogP contribution >= 0.6 is 0 Å². The first-order valence-corrected chi connectivity index (χ1v) is 5.83. The molecule has 0 aromatic heterocycles. The minimum atomic E-state index is -0.219. The fourth-order valence-electron chi connectivity index (χ4n) is 1.55. The van der Waals surface area contributed by atoms with Gasteiger partial charge in [0.05, 0.1) is 0 Å². The van der Waals surface area contributed by atoms with E-state index in [1.165, 1.54) is 28.2 Å². The number of hydrogen-bond donors (Lipinski definition) is 0. The Morgan fingerprint density at radius 2 is 1.71 bits per heavy atom. The summed E-state index contributed by atoms with van der Waals surface area (Å²) in [6.07, 6.45) is 8.73. The molecule has 1 heterocycles. The molecule has 1 aliphatic heterocycles. The van der Waals surface area contributed by atoms with Gasteiger partial charge in [-0.05, 0) is 33.6 Å². The molecule has 0 aliphatic carbocycles. The summed E-state index contributed by atoms with van der Waals surface area (Å²) in [4.78, 5) is 23.8. The van der Waals surface area contributed by atoms with Gasteiger partial charge in [-0.3, -0.25) is 14.5 Å². The molecule has 17 heavy (non-hydrogen) atoms. The summed E-state index contributed by atoms with van der Waals surface area (Å²) >= 11 is 0. The normalized spacial score (nSPS) is 15.7. The quantitative estimate of drug-likeness (QED) is 0.540. The fourth-order valence-corrected chi connectivity index (χ4v) is 1.55. The van der Waals surface area contributed by atoms with Gasteiger partial charge in [-0.1, -0.05) is 23.3 Å². The van der Waals surface area contributed by atoms with Gasteiger partial charge in [0.15, 0.2) is 0 Å². The van der Waals surface area contributed by atoms with E-state index in [1.807, 2.05) is 13.0 Å². The van der Waals surface area contributed by atoms with Crippen molar-refractivity contribution < 1.29 is 9.59 Å². The summed E-state index contributed by atoms with van der Waals surface area (Å²) < 4.78 is 0. The van der Waals surface area contributed by atoms with E-state index in [9.17, 15) is 9.59 Å². The Labute approximate surface area is 102 Å². The van der Waals surface area contributed by atoms with Crippen LogP contribution in [0.5, 0.6) is 0 Å². The van der Waals surface area contributed by atoms with Crippen LogP contribution < -0.4 is 0 Å². The maximum absolute atomic E-state index is 11.3. The Hall–Kier alpha value is -1.64. The number of nitrogens with zero attached hydrogens (tertiary/aromatic N) is 1. The van der Waals surface area contributed by atoms with Gasteiger partial charge in [0.1, 0.15) is 0 Å². The second kappa shape index (κ2) is 6.18. The summed E-state index contributed by atoms with van der Waals surface area (Å²) in [6.45, 7) is 6.56. The molecular weight excluding hydrogens is 214 g/mol. The smallest absolute Gasteiger partial charge is 0.253 e. The molecule has 3 nitrogen and oxygen atoms in total. The van der Waals surface area contributed by atoms with Crippen LogP contribution in [0.15, 0.2) is 35.5 Å². The minimum absolute atomic E-state index is 0.219. The average Bonchev–Trinajstić information content (AvgIpc) is 2.55. The number of hydrogen-bond acceptors (Lipinski definition) is 2. The lowest BCUT2D eigenvalue weighted by Gasteiger charge is -2.11. The average molecular weight is 233 g/mol. The van der Waals surface area contributed by atoms with Gasteiger partial charge in [0, 0.05) is 18.7 Å². The van der Waals surface area contributed by atoms with Gasteiger partial charge in [-0.15, -0.1) is 0 Å². The lowest BCUT2D eigenvalue weighted by atomic mass is 10.1. The van der Waals surface area contributed by atoms with Crippen LogP contribution in [0.25, 0.3) is 0 Å². The van der Waals surface area contributed by atoms with E-state index in [0.717, 1.165) is 12.8 Å². The van der Waals surface area contributed by atoms with E-state index in [0.29, 0.717) is 6.54 Å². The van der Waals surface area contributed by atoms with E-state index in [4.69, 9.17) is 0 Å². The van der Waals surface area contributed by atoms with E-state index in [1.54, 1.807) is 0 Å². The molecule has 0 N–H and O–H groups in total. The van der Waals surface area contributed by atoms with Crippen LogP contribution in [0.4, 0.5) is 0 Å². The number of carbonyl (C=O) groups excluding carboxylic acids is 2. The second-order valence-electron chi connectivity index (χ2n) is 4.49. The maximum Gasteiger partial charge on any atom is 0.253 e. The van der Waals surface area contributed by atoms with Crippen molar-refractivity contribution in [3.8, 4) is 0 Å². The summed E-state index contributed by atoms with van der Waals surface area (Å²) in [5, 5.41) is 0. The molecule has 0 fully saturated rings. The molecule has 0 atom stereocenters. The SMILES string of the molecule is CC(C)=CCCC(C)=CCN1C(=O)C=CC1=O. The topological polar surface area (TPSA) is 37.4 Å². The molecule has 0 aromatic rings. The van der Waals surface area contributed by atoms with Gasteiger partial charge in [0.25, 0.3) is 11.8 Å². The molecule has 3 heteroatoms. The van der Waals surface area contributed by atoms with E-state index < -0.39 is 0 Å². The van der Waals surface area contributed by atoms with Gasteiger partial charge in [0.2, 0.25) is 0 Å². The summed E-state index contributed by atoms with van der Waals surface area (Å²) in [5.41, 5.74) is 2.52. The third kappa shape index (κ3) is 4.39. The highest BCUT2D eigenvalue weighted by molar-refractivity contribution is 6.12. The first-order valence-electron chi connectivity index (χ1n) is 5.83. The lowest BCUT2D eigenvalue weighted by molar-refractivity contribution is -0.136. The predicted octanol–water partition coefficient (Wildman–Crippen LogP) is 2.60. The van der Waals surface area contributed by atoms with Gasteiger partial charge in [-0.2, -0.15) is 0 Å². The van der Waals surface area contributed by atoms with E-state index >= 15 is 0 Å². The van der Waals surface area contributed by atoms with Crippen molar-refractivity contribution in [3.63, 3.8) is 0 Å². The Balaban J connectivity index is 2.40. The van der Waals surface area contributed by atoms with Crippen LogP contribution in [0, 0.1) is 0 Å². The highest BCUT2D eigenvalue weighted by Crippen LogP contribution is 2.09. The van der Waals surface area contributed by atoms with Gasteiger partial charge < -0.3 is 0 Å². The molecule has 1 aliphatic rings. The van der Waals surface area contributed by atoms with Crippen LogP contribution in [-0.2, 0) is 9.59 Å². The Bertz CT molecular complexity index is 380. The third-order valence-electron chi connectivity index (χ3n) is 2.61. The predicted molar refractivity (Wildman–Crippen MR) is 68.3 cm³/mol. The standard InChI is InChI=1S/C14H19NO2/c1-11(2)5-4-6-12(3)9-10-15-13(16)7-8-14(15)17/h5,7-9H,4,6,10H2,1-3H3. The number of amides is 2. The molecular formula is C14H19NO2. The van der Waals surface area contributed by atoms with Crippen molar-refractivity contribution in [2.75, 3.05) is 6.54 Å². The number of allylic oxidation sites excluding steroid dienone is 3. The van der Waals surface area contributed by atoms with Crippen LogP contribution in [-0.4, -0.2) is 23.3 Å². The molecule has 0 bridgehead atoms. The maximum atomic E-state index is 11.3. The van der Waals surface area contributed by atoms with Gasteiger partial charge >= 0.3 is 0 Å². The van der Waals surface area contributed by atoms with Crippen LogP contribution in [0.3, 0.4) is 0 Å².